The summed E-state index contributed by atoms with van der Waals surface area (Å²) in [6.45, 7) is 3.66. The number of benzene rings is 1. The zero-order chi connectivity index (χ0) is 10.1. The van der Waals surface area contributed by atoms with Gasteiger partial charge in [0.05, 0.1) is 0 Å². The van der Waals surface area contributed by atoms with Gasteiger partial charge in [0, 0.05) is 5.54 Å². The number of phenolic OH excluding ortho intramolecular Hbond substituents is 1. The number of para-hydroxylation sites is 1. The van der Waals surface area contributed by atoms with Gasteiger partial charge in [-0.2, -0.15) is 0 Å². The molecule has 0 aliphatic carbocycles. The van der Waals surface area contributed by atoms with Crippen molar-refractivity contribution in [2.24, 2.45) is 5.73 Å². The lowest BCUT2D eigenvalue weighted by Crippen LogP contribution is -2.34. The Labute approximate surface area is 77.2 Å². The van der Waals surface area contributed by atoms with Crippen LogP contribution in [0.25, 0.3) is 0 Å². The number of aromatic hydroxyl groups is 1. The van der Waals surface area contributed by atoms with E-state index >= 15 is 0 Å². The summed E-state index contributed by atoms with van der Waals surface area (Å²) in [6, 6.07) is 4.46. The Morgan fingerprint density at radius 2 is 2.08 bits per heavy atom. The Balaban J connectivity index is 2.96. The lowest BCUT2D eigenvalue weighted by atomic mass is 9.95. The third-order valence-electron chi connectivity index (χ3n) is 1.72. The highest BCUT2D eigenvalue weighted by atomic mass is 19.1. The van der Waals surface area contributed by atoms with Crippen LogP contribution in [0.1, 0.15) is 19.4 Å². The van der Waals surface area contributed by atoms with Gasteiger partial charge in [0.1, 0.15) is 0 Å². The fraction of sp³-hybridized carbons (Fsp3) is 0.400. The minimum absolute atomic E-state index is 0.291. The second-order valence-electron chi connectivity index (χ2n) is 3.91. The SMILES string of the molecule is CC(C)(N)Cc1cccc(F)c1O. The monoisotopic (exact) mass is 183 g/mol. The first-order chi connectivity index (χ1) is 5.90. The molecule has 0 spiro atoms. The van der Waals surface area contributed by atoms with E-state index in [-0.39, 0.29) is 5.75 Å². The minimum atomic E-state index is -0.596. The molecule has 0 amide bonds. The molecular weight excluding hydrogens is 169 g/mol. The van der Waals surface area contributed by atoms with Crippen LogP contribution in [0.15, 0.2) is 18.2 Å². The Morgan fingerprint density at radius 3 is 2.62 bits per heavy atom. The molecule has 0 fully saturated rings. The molecule has 3 N–H and O–H groups in total. The van der Waals surface area contributed by atoms with Crippen molar-refractivity contribution in [1.29, 1.82) is 0 Å². The van der Waals surface area contributed by atoms with Crippen molar-refractivity contribution in [3.05, 3.63) is 29.6 Å². The number of hydrogen-bond donors (Lipinski definition) is 2. The Kier molecular flexibility index (Phi) is 2.57. The number of halogens is 1. The molecule has 13 heavy (non-hydrogen) atoms. The summed E-state index contributed by atoms with van der Waals surface area (Å²) in [5.74, 6) is -0.886. The Bertz CT molecular complexity index is 304. The van der Waals surface area contributed by atoms with Gasteiger partial charge >= 0.3 is 0 Å². The van der Waals surface area contributed by atoms with Crippen molar-refractivity contribution < 1.29 is 9.50 Å². The summed E-state index contributed by atoms with van der Waals surface area (Å²) in [6.07, 6.45) is 0.455. The van der Waals surface area contributed by atoms with Crippen molar-refractivity contribution in [2.45, 2.75) is 25.8 Å². The van der Waals surface area contributed by atoms with Crippen LogP contribution in [0.2, 0.25) is 0 Å². The van der Waals surface area contributed by atoms with E-state index in [4.69, 9.17) is 5.73 Å². The Hall–Kier alpha value is -1.09. The standard InChI is InChI=1S/C10H14FNO/c1-10(2,12)6-7-4-3-5-8(11)9(7)13/h3-5,13H,6,12H2,1-2H3. The highest BCUT2D eigenvalue weighted by molar-refractivity contribution is 5.34. The molecule has 3 heteroatoms. The van der Waals surface area contributed by atoms with Gasteiger partial charge in [0.2, 0.25) is 0 Å². The van der Waals surface area contributed by atoms with Crippen LogP contribution in [0.3, 0.4) is 0 Å². The van der Waals surface area contributed by atoms with E-state index in [0.717, 1.165) is 0 Å². The van der Waals surface area contributed by atoms with Crippen LogP contribution in [0.5, 0.6) is 5.75 Å². The summed E-state index contributed by atoms with van der Waals surface area (Å²) in [4.78, 5) is 0. The summed E-state index contributed by atoms with van der Waals surface area (Å²) < 4.78 is 12.9. The van der Waals surface area contributed by atoms with Crippen molar-refractivity contribution in [3.8, 4) is 5.75 Å². The van der Waals surface area contributed by atoms with Crippen LogP contribution in [0.4, 0.5) is 4.39 Å². The molecule has 0 heterocycles. The van der Waals surface area contributed by atoms with Gasteiger partial charge in [-0.05, 0) is 31.9 Å². The number of rotatable bonds is 2. The maximum atomic E-state index is 12.9. The summed E-state index contributed by atoms with van der Waals surface area (Å²) >= 11 is 0. The molecule has 1 aromatic carbocycles. The predicted molar refractivity (Wildman–Crippen MR) is 50.0 cm³/mol. The van der Waals surface area contributed by atoms with Crippen LogP contribution >= 0.6 is 0 Å². The van der Waals surface area contributed by atoms with Gasteiger partial charge in [-0.1, -0.05) is 12.1 Å². The first-order valence-electron chi connectivity index (χ1n) is 4.15. The summed E-state index contributed by atoms with van der Waals surface area (Å²) in [5, 5.41) is 9.33. The lowest BCUT2D eigenvalue weighted by molar-refractivity contribution is 0.415. The Morgan fingerprint density at radius 1 is 1.46 bits per heavy atom. The zero-order valence-corrected chi connectivity index (χ0v) is 7.84. The van der Waals surface area contributed by atoms with Crippen LogP contribution in [0, 0.1) is 5.82 Å². The maximum Gasteiger partial charge on any atom is 0.165 e. The van der Waals surface area contributed by atoms with E-state index in [2.05, 4.69) is 0 Å². The molecule has 0 unspecified atom stereocenters. The number of nitrogens with two attached hydrogens (primary N) is 1. The number of hydrogen-bond acceptors (Lipinski definition) is 2. The second kappa shape index (κ2) is 3.34. The first kappa shape index (κ1) is 9.99. The second-order valence-corrected chi connectivity index (χ2v) is 3.91. The van der Waals surface area contributed by atoms with E-state index in [1.165, 1.54) is 6.07 Å². The van der Waals surface area contributed by atoms with E-state index in [1.807, 2.05) is 13.8 Å². The van der Waals surface area contributed by atoms with E-state index in [9.17, 15) is 9.50 Å². The molecule has 0 saturated heterocycles. The van der Waals surface area contributed by atoms with E-state index in [0.29, 0.717) is 12.0 Å². The fourth-order valence-corrected chi connectivity index (χ4v) is 1.19. The third kappa shape index (κ3) is 2.70. The highest BCUT2D eigenvalue weighted by Gasteiger charge is 2.15. The molecule has 0 atom stereocenters. The molecule has 1 rings (SSSR count). The van der Waals surface area contributed by atoms with Crippen molar-refractivity contribution >= 4 is 0 Å². The molecule has 1 aromatic rings. The fourth-order valence-electron chi connectivity index (χ4n) is 1.19. The van der Waals surface area contributed by atoms with Gasteiger partial charge in [0.25, 0.3) is 0 Å². The predicted octanol–water partition coefficient (Wildman–Crippen LogP) is 1.81. The van der Waals surface area contributed by atoms with Crippen molar-refractivity contribution in [3.63, 3.8) is 0 Å². The average molecular weight is 183 g/mol. The lowest BCUT2D eigenvalue weighted by Gasteiger charge is -2.18. The van der Waals surface area contributed by atoms with Crippen molar-refractivity contribution in [2.75, 3.05) is 0 Å². The topological polar surface area (TPSA) is 46.2 Å². The zero-order valence-electron chi connectivity index (χ0n) is 7.84. The van der Waals surface area contributed by atoms with Crippen LogP contribution in [-0.4, -0.2) is 10.6 Å². The quantitative estimate of drug-likeness (QED) is 0.734. The molecule has 0 radical (unpaired) electrons. The summed E-state index contributed by atoms with van der Waals surface area (Å²) in [7, 11) is 0. The summed E-state index contributed by atoms with van der Waals surface area (Å²) in [5.41, 5.74) is 5.86. The van der Waals surface area contributed by atoms with Crippen molar-refractivity contribution in [1.82, 2.24) is 0 Å². The molecule has 72 valence electrons. The molecule has 0 aliphatic heterocycles. The van der Waals surface area contributed by atoms with Gasteiger partial charge in [0.15, 0.2) is 11.6 Å². The van der Waals surface area contributed by atoms with E-state index < -0.39 is 11.4 Å². The normalized spacial score (nSPS) is 11.7. The molecule has 2 nitrogen and oxygen atoms in total. The molecule has 0 aliphatic rings. The molecule has 0 bridgehead atoms. The number of phenols is 1. The van der Waals surface area contributed by atoms with Gasteiger partial charge in [-0.25, -0.2) is 4.39 Å². The average Bonchev–Trinajstić information content (AvgIpc) is 1.96. The van der Waals surface area contributed by atoms with Crippen LogP contribution < -0.4 is 5.73 Å². The maximum absolute atomic E-state index is 12.9. The first-order valence-corrected chi connectivity index (χ1v) is 4.15. The van der Waals surface area contributed by atoms with Gasteiger partial charge in [-0.3, -0.25) is 0 Å². The molecule has 0 saturated carbocycles. The van der Waals surface area contributed by atoms with Crippen LogP contribution in [-0.2, 0) is 6.42 Å². The highest BCUT2D eigenvalue weighted by Crippen LogP contribution is 2.23. The molecular formula is C10H14FNO. The molecule has 0 aromatic heterocycles. The third-order valence-corrected chi connectivity index (χ3v) is 1.72. The minimum Gasteiger partial charge on any atom is -0.505 e. The largest absolute Gasteiger partial charge is 0.505 e. The smallest absolute Gasteiger partial charge is 0.165 e. The van der Waals surface area contributed by atoms with Gasteiger partial charge in [-0.15, -0.1) is 0 Å². The van der Waals surface area contributed by atoms with Gasteiger partial charge < -0.3 is 10.8 Å². The van der Waals surface area contributed by atoms with E-state index in [1.54, 1.807) is 12.1 Å².